The first-order valence-corrected chi connectivity index (χ1v) is 8.30. The van der Waals surface area contributed by atoms with E-state index in [-0.39, 0.29) is 23.6 Å². The fraction of sp³-hybridized carbons (Fsp3) is 0.214. The molecule has 1 heterocycles. The molecule has 0 saturated carbocycles. The smallest absolute Gasteiger partial charge is 0.233 e. The second-order valence-corrected chi connectivity index (χ2v) is 6.89. The molecule has 0 aliphatic carbocycles. The van der Waals surface area contributed by atoms with Gasteiger partial charge in [0.25, 0.3) is 0 Å². The molecular weight excluding hydrogens is 312 g/mol. The van der Waals surface area contributed by atoms with Crippen LogP contribution in [-0.4, -0.2) is 24.3 Å². The minimum absolute atomic E-state index is 0.0843. The topological polar surface area (TPSA) is 79.3 Å². The van der Waals surface area contributed by atoms with E-state index < -0.39 is 10.0 Å². The summed E-state index contributed by atoms with van der Waals surface area (Å²) in [6.07, 6.45) is 1.90. The van der Waals surface area contributed by atoms with Gasteiger partial charge in [-0.2, -0.15) is 0 Å². The van der Waals surface area contributed by atoms with Gasteiger partial charge in [-0.3, -0.25) is 9.71 Å². The van der Waals surface area contributed by atoms with E-state index in [9.17, 15) is 13.5 Å². The van der Waals surface area contributed by atoms with E-state index in [1.807, 2.05) is 0 Å². The molecule has 0 aliphatic heterocycles. The lowest BCUT2D eigenvalue weighted by molar-refractivity contribution is 0.473. The zero-order valence-corrected chi connectivity index (χ0v) is 12.9. The first-order valence-electron chi connectivity index (χ1n) is 6.27. The highest BCUT2D eigenvalue weighted by molar-refractivity contribution is 7.92. The highest BCUT2D eigenvalue weighted by atomic mass is 35.5. The minimum Gasteiger partial charge on any atom is -0.505 e. The van der Waals surface area contributed by atoms with E-state index in [0.717, 1.165) is 0 Å². The van der Waals surface area contributed by atoms with E-state index >= 15 is 0 Å². The Bertz CT molecular complexity index is 733. The summed E-state index contributed by atoms with van der Waals surface area (Å²) in [7, 11) is -3.60. The van der Waals surface area contributed by atoms with Gasteiger partial charge in [-0.1, -0.05) is 17.7 Å². The molecule has 0 fully saturated rings. The van der Waals surface area contributed by atoms with Gasteiger partial charge in [0.1, 0.15) is 5.75 Å². The third-order valence-electron chi connectivity index (χ3n) is 2.88. The molecule has 0 saturated heterocycles. The maximum absolute atomic E-state index is 12.1. The third-order valence-corrected chi connectivity index (χ3v) is 4.37. The molecule has 2 rings (SSSR count). The van der Waals surface area contributed by atoms with Crippen LogP contribution in [0.2, 0.25) is 5.02 Å². The summed E-state index contributed by atoms with van der Waals surface area (Å²) in [5.74, 6) is -0.254. The first kappa shape index (κ1) is 15.6. The summed E-state index contributed by atoms with van der Waals surface area (Å²) in [4.78, 5) is 4.07. The minimum atomic E-state index is -3.60. The van der Waals surface area contributed by atoms with Crippen LogP contribution in [0.3, 0.4) is 0 Å². The van der Waals surface area contributed by atoms with E-state index in [1.54, 1.807) is 37.4 Å². The van der Waals surface area contributed by atoms with Crippen LogP contribution in [0.25, 0.3) is 0 Å². The number of pyridine rings is 1. The van der Waals surface area contributed by atoms with Crippen molar-refractivity contribution in [2.75, 3.05) is 10.5 Å². The molecule has 21 heavy (non-hydrogen) atoms. The summed E-state index contributed by atoms with van der Waals surface area (Å²) in [5, 5.41) is 10.2. The van der Waals surface area contributed by atoms with Gasteiger partial charge in [0, 0.05) is 23.3 Å². The lowest BCUT2D eigenvalue weighted by atomic mass is 10.2. The van der Waals surface area contributed by atoms with Crippen LogP contribution >= 0.6 is 11.6 Å². The molecule has 0 atom stereocenters. The molecule has 0 amide bonds. The van der Waals surface area contributed by atoms with Gasteiger partial charge < -0.3 is 5.11 Å². The van der Waals surface area contributed by atoms with Crippen molar-refractivity contribution in [1.29, 1.82) is 0 Å². The number of nitrogens with one attached hydrogen (secondary N) is 1. The van der Waals surface area contributed by atoms with Gasteiger partial charge in [-0.15, -0.1) is 0 Å². The number of hydrogen-bond acceptors (Lipinski definition) is 4. The molecule has 0 spiro atoms. The maximum Gasteiger partial charge on any atom is 0.233 e. The molecule has 5 nitrogen and oxygen atoms in total. The van der Waals surface area contributed by atoms with E-state index in [2.05, 4.69) is 9.71 Å². The summed E-state index contributed by atoms with van der Waals surface area (Å²) < 4.78 is 26.5. The Labute approximate surface area is 128 Å². The van der Waals surface area contributed by atoms with Crippen molar-refractivity contribution in [3.63, 3.8) is 0 Å². The number of nitrogens with zero attached hydrogens (tertiary/aromatic N) is 1. The van der Waals surface area contributed by atoms with E-state index in [4.69, 9.17) is 11.6 Å². The predicted octanol–water partition coefficient (Wildman–Crippen LogP) is 2.73. The second kappa shape index (κ2) is 6.32. The highest BCUT2D eigenvalue weighted by Crippen LogP contribution is 2.31. The van der Waals surface area contributed by atoms with Crippen LogP contribution in [0.5, 0.6) is 5.75 Å². The quantitative estimate of drug-likeness (QED) is 0.828. The Morgan fingerprint density at radius 2 is 2.10 bits per heavy atom. The second-order valence-electron chi connectivity index (χ2n) is 4.61. The maximum atomic E-state index is 12.1. The monoisotopic (exact) mass is 326 g/mol. The Morgan fingerprint density at radius 1 is 1.33 bits per heavy atom. The Balaban J connectivity index is 2.11. The fourth-order valence-electron chi connectivity index (χ4n) is 1.82. The van der Waals surface area contributed by atoms with Gasteiger partial charge in [0.05, 0.1) is 11.4 Å². The lowest BCUT2D eigenvalue weighted by Gasteiger charge is -2.11. The SMILES string of the molecule is Cc1cc(Cl)cc(NS(=O)(=O)CCc2ccccn2)c1O. The number of halogens is 1. The standard InChI is InChI=1S/C14H15ClN2O3S/c1-10-8-11(15)9-13(14(10)18)17-21(19,20)7-5-12-4-2-3-6-16-12/h2-4,6,8-9,17-18H,5,7H2,1H3. The van der Waals surface area contributed by atoms with Gasteiger partial charge in [0.2, 0.25) is 10.0 Å². The normalized spacial score (nSPS) is 11.3. The average Bonchev–Trinajstić information content (AvgIpc) is 2.43. The molecule has 112 valence electrons. The lowest BCUT2D eigenvalue weighted by Crippen LogP contribution is -2.18. The number of hydrogen-bond donors (Lipinski definition) is 2. The van der Waals surface area contributed by atoms with Crippen LogP contribution < -0.4 is 4.72 Å². The number of benzene rings is 1. The van der Waals surface area contributed by atoms with Crippen molar-refractivity contribution in [2.45, 2.75) is 13.3 Å². The van der Waals surface area contributed by atoms with E-state index in [1.165, 1.54) is 6.07 Å². The molecule has 2 N–H and O–H groups in total. The zero-order chi connectivity index (χ0) is 15.5. The summed E-state index contributed by atoms with van der Waals surface area (Å²) >= 11 is 5.87. The number of phenols is 1. The zero-order valence-electron chi connectivity index (χ0n) is 11.4. The van der Waals surface area contributed by atoms with Crippen LogP contribution in [0.15, 0.2) is 36.5 Å². The molecule has 0 aliphatic rings. The molecule has 0 unspecified atom stereocenters. The molecule has 7 heteroatoms. The number of phenolic OH excluding ortho intramolecular Hbond substituents is 1. The van der Waals surface area contributed by atoms with Gasteiger partial charge >= 0.3 is 0 Å². The van der Waals surface area contributed by atoms with Crippen LogP contribution in [0, 0.1) is 6.92 Å². The van der Waals surface area contributed by atoms with Gasteiger partial charge in [-0.05, 0) is 36.8 Å². The third kappa shape index (κ3) is 4.34. The number of aromatic nitrogens is 1. The summed E-state index contributed by atoms with van der Waals surface area (Å²) in [6, 6.07) is 8.26. The Kier molecular flexibility index (Phi) is 4.69. The number of anilines is 1. The molecule has 0 radical (unpaired) electrons. The molecular formula is C14H15ClN2O3S. The average molecular weight is 327 g/mol. The molecule has 0 bridgehead atoms. The van der Waals surface area contributed by atoms with Crippen molar-refractivity contribution >= 4 is 27.3 Å². The predicted molar refractivity (Wildman–Crippen MR) is 83.2 cm³/mol. The van der Waals surface area contributed by atoms with Gasteiger partial charge in [0.15, 0.2) is 0 Å². The van der Waals surface area contributed by atoms with Crippen LogP contribution in [0.1, 0.15) is 11.3 Å². The Morgan fingerprint density at radius 3 is 2.76 bits per heavy atom. The molecule has 1 aromatic heterocycles. The summed E-state index contributed by atoms with van der Waals surface area (Å²) in [6.45, 7) is 1.65. The molecule has 2 aromatic rings. The van der Waals surface area contributed by atoms with Crippen LogP contribution in [0.4, 0.5) is 5.69 Å². The Hall–Kier alpha value is -1.79. The van der Waals surface area contributed by atoms with Crippen molar-refractivity contribution in [3.05, 3.63) is 52.8 Å². The fourth-order valence-corrected chi connectivity index (χ4v) is 3.16. The van der Waals surface area contributed by atoms with Crippen molar-refractivity contribution in [3.8, 4) is 5.75 Å². The number of aryl methyl sites for hydroxylation is 2. The largest absolute Gasteiger partial charge is 0.505 e. The first-order chi connectivity index (χ1) is 9.87. The van der Waals surface area contributed by atoms with Crippen LogP contribution in [-0.2, 0) is 16.4 Å². The number of rotatable bonds is 5. The van der Waals surface area contributed by atoms with Crippen molar-refractivity contribution in [2.24, 2.45) is 0 Å². The highest BCUT2D eigenvalue weighted by Gasteiger charge is 2.15. The van der Waals surface area contributed by atoms with Crippen molar-refractivity contribution < 1.29 is 13.5 Å². The van der Waals surface area contributed by atoms with Gasteiger partial charge in [-0.25, -0.2) is 8.42 Å². The number of sulfonamides is 1. The number of aromatic hydroxyl groups is 1. The summed E-state index contributed by atoms with van der Waals surface area (Å²) in [5.41, 5.74) is 1.28. The molecule has 1 aromatic carbocycles. The van der Waals surface area contributed by atoms with E-state index in [0.29, 0.717) is 16.3 Å². The van der Waals surface area contributed by atoms with Crippen molar-refractivity contribution in [1.82, 2.24) is 4.98 Å².